The normalized spacial score (nSPS) is 14.7. The van der Waals surface area contributed by atoms with Crippen LogP contribution in [0.4, 0.5) is 0 Å². The van der Waals surface area contributed by atoms with Gasteiger partial charge in [-0.3, -0.25) is 9.69 Å². The van der Waals surface area contributed by atoms with Crippen LogP contribution in [0.2, 0.25) is 0 Å². The van der Waals surface area contributed by atoms with Crippen molar-refractivity contribution in [2.24, 2.45) is 11.7 Å². The second-order valence-corrected chi connectivity index (χ2v) is 8.22. The summed E-state index contributed by atoms with van der Waals surface area (Å²) in [6.07, 6.45) is 2.81. The molecule has 1 atom stereocenters. The maximum absolute atomic E-state index is 12.5. The van der Waals surface area contributed by atoms with E-state index in [1.165, 1.54) is 16.7 Å². The van der Waals surface area contributed by atoms with Crippen LogP contribution in [-0.4, -0.2) is 29.8 Å². The van der Waals surface area contributed by atoms with Crippen LogP contribution in [0.5, 0.6) is 5.75 Å². The van der Waals surface area contributed by atoms with Crippen LogP contribution in [0.1, 0.15) is 43.4 Å². The zero-order chi connectivity index (χ0) is 19.9. The van der Waals surface area contributed by atoms with E-state index in [1.54, 1.807) is 0 Å². The topological polar surface area (TPSA) is 55.6 Å². The van der Waals surface area contributed by atoms with Gasteiger partial charge in [-0.1, -0.05) is 50.2 Å². The van der Waals surface area contributed by atoms with E-state index in [0.717, 1.165) is 38.1 Å². The fraction of sp³-hybridized carbons (Fsp3) is 0.458. The van der Waals surface area contributed by atoms with E-state index < -0.39 is 0 Å². The Morgan fingerprint density at radius 2 is 1.83 bits per heavy atom. The molecule has 0 spiro atoms. The summed E-state index contributed by atoms with van der Waals surface area (Å²) in [5.41, 5.74) is 9.86. The predicted molar refractivity (Wildman–Crippen MR) is 128 cm³/mol. The Labute approximate surface area is 193 Å². The molecule has 0 fully saturated rings. The highest BCUT2D eigenvalue weighted by molar-refractivity contribution is 5.86. The van der Waals surface area contributed by atoms with Crippen molar-refractivity contribution in [2.75, 3.05) is 13.1 Å². The largest absolute Gasteiger partial charge is 0.489 e. The number of nitrogens with zero attached hydrogens (tertiary/aromatic N) is 1. The lowest BCUT2D eigenvalue weighted by atomic mass is 10.0. The minimum absolute atomic E-state index is 0. The maximum Gasteiger partial charge on any atom is 0.163 e. The highest BCUT2D eigenvalue weighted by Crippen LogP contribution is 2.24. The average Bonchev–Trinajstić information content (AvgIpc) is 2.87. The highest BCUT2D eigenvalue weighted by Gasteiger charge is 2.21. The van der Waals surface area contributed by atoms with Crippen molar-refractivity contribution in [3.05, 3.63) is 65.2 Å². The molecule has 4 nitrogen and oxygen atoms in total. The number of halogens is 2. The van der Waals surface area contributed by atoms with Gasteiger partial charge in [-0.15, -0.1) is 24.8 Å². The molecule has 1 aliphatic heterocycles. The molecule has 2 N–H and O–H groups in total. The molecule has 6 heteroatoms. The van der Waals surface area contributed by atoms with Gasteiger partial charge in [-0.2, -0.15) is 0 Å². The van der Waals surface area contributed by atoms with Crippen LogP contribution in [0.15, 0.2) is 48.5 Å². The lowest BCUT2D eigenvalue weighted by Crippen LogP contribution is -2.40. The van der Waals surface area contributed by atoms with Crippen LogP contribution in [-0.2, 0) is 24.4 Å². The molecule has 0 saturated heterocycles. The van der Waals surface area contributed by atoms with E-state index in [-0.39, 0.29) is 36.6 Å². The number of hydrogen-bond acceptors (Lipinski definition) is 4. The van der Waals surface area contributed by atoms with Gasteiger partial charge in [0.25, 0.3) is 0 Å². The molecule has 1 aliphatic rings. The number of ether oxygens (including phenoxy) is 1. The van der Waals surface area contributed by atoms with Gasteiger partial charge in [0.05, 0.1) is 12.6 Å². The first kappa shape index (κ1) is 26.4. The molecule has 0 aromatic heterocycles. The molecule has 2 aromatic rings. The molecular formula is C24H34Cl2N2O2. The van der Waals surface area contributed by atoms with Crippen molar-refractivity contribution in [1.29, 1.82) is 0 Å². The van der Waals surface area contributed by atoms with E-state index >= 15 is 0 Å². The van der Waals surface area contributed by atoms with Gasteiger partial charge in [0.15, 0.2) is 5.78 Å². The number of carbonyl (C=O) groups excluding carboxylic acids is 1. The third-order valence-corrected chi connectivity index (χ3v) is 5.26. The Kier molecular flexibility index (Phi) is 11.4. The van der Waals surface area contributed by atoms with Gasteiger partial charge in [-0.25, -0.2) is 0 Å². The van der Waals surface area contributed by atoms with Crippen LogP contribution < -0.4 is 10.5 Å². The first-order valence-electron chi connectivity index (χ1n) is 10.3. The van der Waals surface area contributed by atoms with Crippen molar-refractivity contribution in [3.8, 4) is 5.75 Å². The number of aryl methyl sites for hydroxylation is 1. The molecular weight excluding hydrogens is 419 g/mol. The Morgan fingerprint density at radius 3 is 2.53 bits per heavy atom. The van der Waals surface area contributed by atoms with Gasteiger partial charge in [0.1, 0.15) is 12.4 Å². The summed E-state index contributed by atoms with van der Waals surface area (Å²) in [5.74, 6) is 1.50. The second-order valence-electron chi connectivity index (χ2n) is 8.22. The minimum atomic E-state index is -0.350. The van der Waals surface area contributed by atoms with E-state index in [1.807, 2.05) is 24.3 Å². The number of ketones is 1. The summed E-state index contributed by atoms with van der Waals surface area (Å²) in [6.45, 7) is 6.95. The number of hydrogen-bond donors (Lipinski definition) is 1. The van der Waals surface area contributed by atoms with E-state index in [2.05, 4.69) is 43.0 Å². The summed E-state index contributed by atoms with van der Waals surface area (Å²) >= 11 is 0. The molecule has 0 amide bonds. The summed E-state index contributed by atoms with van der Waals surface area (Å²) in [7, 11) is 0. The van der Waals surface area contributed by atoms with Crippen molar-refractivity contribution in [1.82, 2.24) is 4.90 Å². The monoisotopic (exact) mass is 452 g/mol. The number of benzene rings is 2. The van der Waals surface area contributed by atoms with Crippen LogP contribution >= 0.6 is 24.8 Å². The summed E-state index contributed by atoms with van der Waals surface area (Å²) in [5, 5.41) is 0. The SMILES string of the molecule is CC(C)CC(N)C(=O)CN1CCCc2cc(OCc3ccccc3)ccc2C1.Cl.Cl. The molecule has 0 radical (unpaired) electrons. The minimum Gasteiger partial charge on any atom is -0.489 e. The first-order chi connectivity index (χ1) is 13.5. The maximum atomic E-state index is 12.5. The molecule has 1 heterocycles. The number of Topliss-reactive ketones (excluding diaryl/α,β-unsaturated/α-hetero) is 1. The third kappa shape index (κ3) is 7.92. The number of rotatable bonds is 8. The molecule has 0 bridgehead atoms. The first-order valence-corrected chi connectivity index (χ1v) is 10.3. The van der Waals surface area contributed by atoms with Gasteiger partial charge >= 0.3 is 0 Å². The Morgan fingerprint density at radius 1 is 1.10 bits per heavy atom. The average molecular weight is 453 g/mol. The zero-order valence-electron chi connectivity index (χ0n) is 17.9. The number of carbonyl (C=O) groups is 1. The number of nitrogens with two attached hydrogens (primary N) is 1. The van der Waals surface area contributed by atoms with Crippen LogP contribution in [0, 0.1) is 5.92 Å². The zero-order valence-corrected chi connectivity index (χ0v) is 19.5. The highest BCUT2D eigenvalue weighted by atomic mass is 35.5. The quantitative estimate of drug-likeness (QED) is 0.624. The van der Waals surface area contributed by atoms with Crippen molar-refractivity contribution >= 4 is 30.6 Å². The Hall–Kier alpha value is -1.59. The number of fused-ring (bicyclic) bond motifs is 1. The molecule has 30 heavy (non-hydrogen) atoms. The third-order valence-electron chi connectivity index (χ3n) is 5.26. The predicted octanol–water partition coefficient (Wildman–Crippen LogP) is 4.80. The molecule has 166 valence electrons. The fourth-order valence-electron chi connectivity index (χ4n) is 3.74. The second kappa shape index (κ2) is 13.0. The Balaban J connectivity index is 0.00000225. The molecule has 0 saturated carbocycles. The van der Waals surface area contributed by atoms with Crippen molar-refractivity contribution < 1.29 is 9.53 Å². The molecule has 3 rings (SSSR count). The smallest absolute Gasteiger partial charge is 0.163 e. The lowest BCUT2D eigenvalue weighted by molar-refractivity contribution is -0.121. The van der Waals surface area contributed by atoms with Crippen molar-refractivity contribution in [3.63, 3.8) is 0 Å². The van der Waals surface area contributed by atoms with Gasteiger partial charge in [0, 0.05) is 6.54 Å². The van der Waals surface area contributed by atoms with Gasteiger partial charge < -0.3 is 10.5 Å². The van der Waals surface area contributed by atoms with E-state index in [0.29, 0.717) is 19.1 Å². The standard InChI is InChI=1S/C24H32N2O2.2ClH/c1-18(2)13-23(25)24(27)16-26-12-6-9-20-14-22(11-10-21(20)15-26)28-17-19-7-4-3-5-8-19;;/h3-5,7-8,10-11,14,18,23H,6,9,12-13,15-17,25H2,1-2H3;2*1H. The van der Waals surface area contributed by atoms with Gasteiger partial charge in [0.2, 0.25) is 0 Å². The molecule has 1 unspecified atom stereocenters. The van der Waals surface area contributed by atoms with E-state index in [9.17, 15) is 4.79 Å². The van der Waals surface area contributed by atoms with Crippen LogP contribution in [0.3, 0.4) is 0 Å². The lowest BCUT2D eigenvalue weighted by Gasteiger charge is -2.22. The Bertz CT molecular complexity index is 784. The van der Waals surface area contributed by atoms with E-state index in [4.69, 9.17) is 10.5 Å². The molecule has 2 aromatic carbocycles. The summed E-state index contributed by atoms with van der Waals surface area (Å²) < 4.78 is 5.97. The summed E-state index contributed by atoms with van der Waals surface area (Å²) in [6, 6.07) is 16.2. The van der Waals surface area contributed by atoms with Gasteiger partial charge in [-0.05, 0) is 60.5 Å². The fourth-order valence-corrected chi connectivity index (χ4v) is 3.74. The summed E-state index contributed by atoms with van der Waals surface area (Å²) in [4.78, 5) is 14.7. The van der Waals surface area contributed by atoms with Crippen molar-refractivity contribution in [2.45, 2.75) is 52.3 Å². The van der Waals surface area contributed by atoms with Crippen LogP contribution in [0.25, 0.3) is 0 Å². The molecule has 0 aliphatic carbocycles.